The minimum atomic E-state index is 0.503. The number of rotatable bonds is 8. The molecule has 2 heterocycles. The maximum atomic E-state index is 4.62. The smallest absolute Gasteiger partial charge is 0.300 e. The Bertz CT molecular complexity index is 1720. The van der Waals surface area contributed by atoms with E-state index in [1.807, 2.05) is 0 Å². The SMILES string of the molecule is C=C(CCC)[n+]1c(-c2cc3c4ccccc4n(CC)c3cc2CCC)n(C2=C(C)[C@H]2C)c2ccccc21. The van der Waals surface area contributed by atoms with Gasteiger partial charge in [-0.2, -0.15) is 9.13 Å². The van der Waals surface area contributed by atoms with Crippen LogP contribution >= 0.6 is 0 Å². The molecule has 188 valence electrons. The highest BCUT2D eigenvalue weighted by molar-refractivity contribution is 6.09. The Kier molecular flexibility index (Phi) is 5.82. The maximum absolute atomic E-state index is 4.62. The zero-order valence-electron chi connectivity index (χ0n) is 22.9. The Labute approximate surface area is 220 Å². The van der Waals surface area contributed by atoms with E-state index < -0.39 is 0 Å². The lowest BCUT2D eigenvalue weighted by molar-refractivity contribution is -0.542. The van der Waals surface area contributed by atoms with Gasteiger partial charge in [0.1, 0.15) is 11.4 Å². The first kappa shape index (κ1) is 23.8. The fourth-order valence-corrected chi connectivity index (χ4v) is 6.37. The first-order valence-electron chi connectivity index (χ1n) is 14.0. The van der Waals surface area contributed by atoms with Crippen molar-refractivity contribution in [2.75, 3.05) is 0 Å². The first-order valence-corrected chi connectivity index (χ1v) is 14.0. The Morgan fingerprint density at radius 1 is 0.892 bits per heavy atom. The van der Waals surface area contributed by atoms with Crippen LogP contribution in [0.5, 0.6) is 0 Å². The van der Waals surface area contributed by atoms with E-state index in [0.29, 0.717) is 5.92 Å². The third-order valence-corrected chi connectivity index (χ3v) is 8.34. The number of aryl methyl sites for hydroxylation is 2. The molecule has 0 aliphatic heterocycles. The van der Waals surface area contributed by atoms with Gasteiger partial charge in [0.25, 0.3) is 5.82 Å². The zero-order valence-corrected chi connectivity index (χ0v) is 22.9. The molecule has 3 nitrogen and oxygen atoms in total. The second-order valence-corrected chi connectivity index (χ2v) is 10.6. The largest absolute Gasteiger partial charge is 0.341 e. The normalized spacial score (nSPS) is 15.4. The van der Waals surface area contributed by atoms with Gasteiger partial charge in [-0.25, -0.2) is 0 Å². The molecule has 3 aromatic carbocycles. The molecule has 0 fully saturated rings. The summed E-state index contributed by atoms with van der Waals surface area (Å²) in [4.78, 5) is 0. The standard InChI is InChI=1S/C34H38N3/c1-7-14-22(4)36-30-18-12-13-19-31(30)37(33-23(5)24(33)6)34(36)27-21-28-26-16-10-11-17-29(26)35(9-3)32(28)20-25(27)15-8-2/h10-13,16-21,23H,4,7-9,14-15H2,1-3,5-6H3/q+1/t23-/m1/s1. The number of benzene rings is 3. The topological polar surface area (TPSA) is 13.7 Å². The second-order valence-electron chi connectivity index (χ2n) is 10.6. The minimum absolute atomic E-state index is 0.503. The van der Waals surface area contributed by atoms with Gasteiger partial charge in [0.05, 0.1) is 5.56 Å². The van der Waals surface area contributed by atoms with Gasteiger partial charge in [-0.3, -0.25) is 0 Å². The Morgan fingerprint density at radius 3 is 2.27 bits per heavy atom. The van der Waals surface area contributed by atoms with Gasteiger partial charge in [-0.05, 0) is 68.2 Å². The number of hydrogen-bond acceptors (Lipinski definition) is 0. The molecule has 5 aromatic rings. The molecular weight excluding hydrogens is 450 g/mol. The number of para-hydroxylation sites is 3. The molecule has 0 spiro atoms. The third kappa shape index (κ3) is 3.51. The van der Waals surface area contributed by atoms with Gasteiger partial charge in [0.2, 0.25) is 0 Å². The van der Waals surface area contributed by atoms with Crippen LogP contribution in [-0.2, 0) is 13.0 Å². The van der Waals surface area contributed by atoms with E-state index >= 15 is 0 Å². The van der Waals surface area contributed by atoms with Crippen molar-refractivity contribution in [3.05, 3.63) is 78.4 Å². The summed E-state index contributed by atoms with van der Waals surface area (Å²) in [5, 5.41) is 2.67. The summed E-state index contributed by atoms with van der Waals surface area (Å²) in [6.07, 6.45) is 4.21. The van der Waals surface area contributed by atoms with E-state index in [9.17, 15) is 0 Å². The van der Waals surface area contributed by atoms with Crippen LogP contribution in [0.2, 0.25) is 0 Å². The molecule has 0 bridgehead atoms. The lowest BCUT2D eigenvalue weighted by Crippen LogP contribution is -2.34. The second kappa shape index (κ2) is 9.06. The van der Waals surface area contributed by atoms with Gasteiger partial charge in [0.15, 0.2) is 11.0 Å². The summed E-state index contributed by atoms with van der Waals surface area (Å²) in [5.41, 5.74) is 12.0. The lowest BCUT2D eigenvalue weighted by atomic mass is 9.98. The van der Waals surface area contributed by atoms with E-state index in [1.54, 1.807) is 0 Å². The van der Waals surface area contributed by atoms with Gasteiger partial charge in [-0.1, -0.05) is 64.1 Å². The van der Waals surface area contributed by atoms with Crippen molar-refractivity contribution in [2.24, 2.45) is 5.92 Å². The van der Waals surface area contributed by atoms with Crippen LogP contribution < -0.4 is 4.57 Å². The van der Waals surface area contributed by atoms with Gasteiger partial charge >= 0.3 is 0 Å². The Morgan fingerprint density at radius 2 is 1.59 bits per heavy atom. The van der Waals surface area contributed by atoms with Gasteiger partial charge in [0, 0.05) is 40.7 Å². The van der Waals surface area contributed by atoms with Crippen LogP contribution in [0.4, 0.5) is 0 Å². The van der Waals surface area contributed by atoms with E-state index in [-0.39, 0.29) is 0 Å². The number of imidazole rings is 1. The van der Waals surface area contributed by atoms with Gasteiger partial charge < -0.3 is 4.57 Å². The molecule has 3 heteroatoms. The van der Waals surface area contributed by atoms with Crippen LogP contribution in [0.25, 0.3) is 55.6 Å². The summed E-state index contributed by atoms with van der Waals surface area (Å²) in [5.74, 6) is 1.76. The summed E-state index contributed by atoms with van der Waals surface area (Å²) in [7, 11) is 0. The summed E-state index contributed by atoms with van der Waals surface area (Å²) in [6, 6.07) is 22.7. The fourth-order valence-electron chi connectivity index (χ4n) is 6.37. The third-order valence-electron chi connectivity index (χ3n) is 8.34. The fraction of sp³-hybridized carbons (Fsp3) is 0.324. The predicted octanol–water partition coefficient (Wildman–Crippen LogP) is 8.83. The highest BCUT2D eigenvalue weighted by Gasteiger charge is 2.41. The van der Waals surface area contributed by atoms with Crippen LogP contribution in [0.3, 0.4) is 0 Å². The zero-order chi connectivity index (χ0) is 25.8. The summed E-state index contributed by atoms with van der Waals surface area (Å²) < 4.78 is 7.49. The highest BCUT2D eigenvalue weighted by Crippen LogP contribution is 2.47. The van der Waals surface area contributed by atoms with Crippen molar-refractivity contribution >= 4 is 44.2 Å². The van der Waals surface area contributed by atoms with E-state index in [0.717, 1.165) is 37.9 Å². The average Bonchev–Trinajstić information content (AvgIpc) is 3.24. The number of aromatic nitrogens is 3. The molecular formula is C34H38N3+. The van der Waals surface area contributed by atoms with Crippen molar-refractivity contribution in [1.29, 1.82) is 0 Å². The lowest BCUT2D eigenvalue weighted by Gasteiger charge is -2.12. The molecule has 0 unspecified atom stereocenters. The van der Waals surface area contributed by atoms with Crippen molar-refractivity contribution in [1.82, 2.24) is 9.13 Å². The molecule has 0 saturated heterocycles. The van der Waals surface area contributed by atoms with Crippen LogP contribution in [0.15, 0.2) is 72.8 Å². The Hall–Kier alpha value is -3.59. The predicted molar refractivity (Wildman–Crippen MR) is 159 cm³/mol. The molecule has 0 N–H and O–H groups in total. The highest BCUT2D eigenvalue weighted by atomic mass is 15.2. The van der Waals surface area contributed by atoms with Crippen LogP contribution in [0.1, 0.15) is 59.4 Å². The van der Waals surface area contributed by atoms with Crippen molar-refractivity contribution in [2.45, 2.75) is 66.8 Å². The molecule has 0 radical (unpaired) electrons. The molecule has 0 amide bonds. The molecule has 37 heavy (non-hydrogen) atoms. The van der Waals surface area contributed by atoms with E-state index in [2.05, 4.69) is 116 Å². The van der Waals surface area contributed by atoms with E-state index in [1.165, 1.54) is 61.1 Å². The van der Waals surface area contributed by atoms with E-state index in [4.69, 9.17) is 0 Å². The maximum Gasteiger partial charge on any atom is 0.300 e. The molecule has 0 saturated carbocycles. The number of allylic oxidation sites excluding steroid dienone is 3. The van der Waals surface area contributed by atoms with Crippen LogP contribution in [-0.4, -0.2) is 9.13 Å². The molecule has 1 aliphatic rings. The monoisotopic (exact) mass is 488 g/mol. The summed E-state index contributed by atoms with van der Waals surface area (Å²) in [6.45, 7) is 17.0. The summed E-state index contributed by atoms with van der Waals surface area (Å²) >= 11 is 0. The van der Waals surface area contributed by atoms with Crippen LogP contribution in [0, 0.1) is 5.92 Å². The number of fused-ring (bicyclic) bond motifs is 4. The number of nitrogens with zero attached hydrogens (tertiary/aromatic N) is 3. The first-order chi connectivity index (χ1) is 18.0. The minimum Gasteiger partial charge on any atom is -0.341 e. The molecule has 1 aliphatic carbocycles. The number of hydrogen-bond donors (Lipinski definition) is 0. The average molecular weight is 489 g/mol. The molecule has 2 aromatic heterocycles. The molecule has 6 rings (SSSR count). The van der Waals surface area contributed by atoms with Crippen molar-refractivity contribution in [3.63, 3.8) is 0 Å². The quantitative estimate of drug-likeness (QED) is 0.194. The van der Waals surface area contributed by atoms with Crippen molar-refractivity contribution < 1.29 is 4.57 Å². The molecule has 1 atom stereocenters. The van der Waals surface area contributed by atoms with Gasteiger partial charge in [-0.15, -0.1) is 0 Å². The Balaban J connectivity index is 1.78. The van der Waals surface area contributed by atoms with Crippen molar-refractivity contribution in [3.8, 4) is 11.4 Å².